The molecule has 0 amide bonds. The van der Waals surface area contributed by atoms with Crippen LogP contribution in [0.25, 0.3) is 0 Å². The predicted molar refractivity (Wildman–Crippen MR) is 45.6 cm³/mol. The number of rotatable bonds is 1. The maximum Gasteiger partial charge on any atom is 0.103 e. The summed E-state index contributed by atoms with van der Waals surface area (Å²) in [7, 11) is 0. The number of pyridine rings is 1. The smallest absolute Gasteiger partial charge is 0.103 e. The van der Waals surface area contributed by atoms with Crippen LogP contribution in [-0.4, -0.2) is 23.2 Å². The van der Waals surface area contributed by atoms with Gasteiger partial charge >= 0.3 is 0 Å². The fourth-order valence-corrected chi connectivity index (χ4v) is 1.59. The molecule has 1 aliphatic rings. The van der Waals surface area contributed by atoms with Crippen LogP contribution in [0.3, 0.4) is 0 Å². The number of nitrogens with zero attached hydrogens (tertiary/aromatic N) is 1. The molecule has 1 fully saturated rings. The monoisotopic (exact) mass is 164 g/mol. The van der Waals surface area contributed by atoms with Crippen molar-refractivity contribution in [2.75, 3.05) is 13.1 Å². The molecule has 1 aromatic rings. The van der Waals surface area contributed by atoms with Gasteiger partial charge in [-0.15, -0.1) is 0 Å². The molecular formula is C9H12N2O. The zero-order valence-corrected chi connectivity index (χ0v) is 6.83. The summed E-state index contributed by atoms with van der Waals surface area (Å²) in [4.78, 5) is 3.92. The Hall–Kier alpha value is -0.930. The van der Waals surface area contributed by atoms with Crippen LogP contribution >= 0.6 is 0 Å². The van der Waals surface area contributed by atoms with Gasteiger partial charge in [0.1, 0.15) is 5.60 Å². The average Bonchev–Trinajstić information content (AvgIpc) is 2.55. The summed E-state index contributed by atoms with van der Waals surface area (Å²) < 4.78 is 0. The molecule has 2 N–H and O–H groups in total. The van der Waals surface area contributed by atoms with E-state index in [1.165, 1.54) is 0 Å². The number of nitrogens with one attached hydrogen (secondary N) is 1. The second-order valence-electron chi connectivity index (χ2n) is 3.19. The second-order valence-corrected chi connectivity index (χ2v) is 3.19. The Bertz CT molecular complexity index is 254. The molecule has 1 aliphatic heterocycles. The summed E-state index contributed by atoms with van der Waals surface area (Å²) in [6, 6.07) is 3.74. The van der Waals surface area contributed by atoms with E-state index in [1.807, 2.05) is 12.1 Å². The van der Waals surface area contributed by atoms with Crippen molar-refractivity contribution in [3.8, 4) is 0 Å². The maximum absolute atomic E-state index is 10.1. The third kappa shape index (κ3) is 1.21. The standard InChI is InChI=1S/C9H12N2O/c12-9(3-6-11-7-9)8-1-4-10-5-2-8/h1-2,4-5,11-12H,3,6-7H2. The Balaban J connectivity index is 2.29. The van der Waals surface area contributed by atoms with E-state index < -0.39 is 5.60 Å². The highest BCUT2D eigenvalue weighted by molar-refractivity contribution is 5.21. The first kappa shape index (κ1) is 7.71. The van der Waals surface area contributed by atoms with Gasteiger partial charge in [-0.3, -0.25) is 4.98 Å². The summed E-state index contributed by atoms with van der Waals surface area (Å²) in [6.07, 6.45) is 4.22. The number of aliphatic hydroxyl groups is 1. The van der Waals surface area contributed by atoms with Crippen molar-refractivity contribution in [3.63, 3.8) is 0 Å². The van der Waals surface area contributed by atoms with Crippen molar-refractivity contribution >= 4 is 0 Å². The van der Waals surface area contributed by atoms with Gasteiger partial charge in [-0.2, -0.15) is 0 Å². The van der Waals surface area contributed by atoms with Crippen LogP contribution in [0.4, 0.5) is 0 Å². The summed E-state index contributed by atoms with van der Waals surface area (Å²) in [5, 5.41) is 13.2. The highest BCUT2D eigenvalue weighted by Gasteiger charge is 2.32. The van der Waals surface area contributed by atoms with Crippen molar-refractivity contribution in [2.24, 2.45) is 0 Å². The van der Waals surface area contributed by atoms with Gasteiger partial charge in [-0.25, -0.2) is 0 Å². The molecule has 0 radical (unpaired) electrons. The van der Waals surface area contributed by atoms with Crippen LogP contribution in [0.5, 0.6) is 0 Å². The van der Waals surface area contributed by atoms with Crippen molar-refractivity contribution in [1.82, 2.24) is 10.3 Å². The van der Waals surface area contributed by atoms with Gasteiger partial charge in [-0.1, -0.05) is 0 Å². The van der Waals surface area contributed by atoms with Crippen LogP contribution in [0.1, 0.15) is 12.0 Å². The quantitative estimate of drug-likeness (QED) is 0.626. The Labute approximate surface area is 71.4 Å². The van der Waals surface area contributed by atoms with Crippen molar-refractivity contribution in [1.29, 1.82) is 0 Å². The van der Waals surface area contributed by atoms with Crippen LogP contribution in [0.2, 0.25) is 0 Å². The minimum Gasteiger partial charge on any atom is -0.384 e. The lowest BCUT2D eigenvalue weighted by Crippen LogP contribution is -2.28. The van der Waals surface area contributed by atoms with Gasteiger partial charge in [0.25, 0.3) is 0 Å². The Morgan fingerprint density at radius 1 is 1.42 bits per heavy atom. The molecule has 2 rings (SSSR count). The molecule has 12 heavy (non-hydrogen) atoms. The summed E-state index contributed by atoms with van der Waals surface area (Å²) in [6.45, 7) is 1.54. The van der Waals surface area contributed by atoms with E-state index in [0.717, 1.165) is 18.5 Å². The molecule has 1 unspecified atom stereocenters. The average molecular weight is 164 g/mol. The van der Waals surface area contributed by atoms with E-state index in [9.17, 15) is 5.11 Å². The normalized spacial score (nSPS) is 29.1. The van der Waals surface area contributed by atoms with E-state index in [-0.39, 0.29) is 0 Å². The number of β-amino-alcohol motifs (C(OH)–C–C–N with tert-alkyl or cyclic N) is 1. The lowest BCUT2D eigenvalue weighted by molar-refractivity contribution is 0.0586. The van der Waals surface area contributed by atoms with Gasteiger partial charge < -0.3 is 10.4 Å². The van der Waals surface area contributed by atoms with Crippen LogP contribution in [0, 0.1) is 0 Å². The minimum atomic E-state index is -0.664. The lowest BCUT2D eigenvalue weighted by Gasteiger charge is -2.21. The zero-order chi connectivity index (χ0) is 8.44. The minimum absolute atomic E-state index is 0.650. The molecule has 0 spiro atoms. The molecule has 1 saturated heterocycles. The molecule has 0 aliphatic carbocycles. The Morgan fingerprint density at radius 3 is 2.75 bits per heavy atom. The first-order valence-electron chi connectivity index (χ1n) is 4.15. The van der Waals surface area contributed by atoms with Crippen molar-refractivity contribution in [3.05, 3.63) is 30.1 Å². The van der Waals surface area contributed by atoms with E-state index >= 15 is 0 Å². The molecule has 0 saturated carbocycles. The summed E-state index contributed by atoms with van der Waals surface area (Å²) >= 11 is 0. The molecule has 64 valence electrons. The third-order valence-electron chi connectivity index (χ3n) is 2.35. The number of hydrogen-bond acceptors (Lipinski definition) is 3. The first-order chi connectivity index (χ1) is 5.81. The van der Waals surface area contributed by atoms with Crippen molar-refractivity contribution in [2.45, 2.75) is 12.0 Å². The topological polar surface area (TPSA) is 45.2 Å². The summed E-state index contributed by atoms with van der Waals surface area (Å²) in [5.41, 5.74) is 0.297. The molecule has 1 atom stereocenters. The molecule has 1 aromatic heterocycles. The number of aromatic nitrogens is 1. The van der Waals surface area contributed by atoms with Gasteiger partial charge in [-0.05, 0) is 30.7 Å². The van der Waals surface area contributed by atoms with Crippen LogP contribution in [-0.2, 0) is 5.60 Å². The van der Waals surface area contributed by atoms with Crippen LogP contribution in [0.15, 0.2) is 24.5 Å². The highest BCUT2D eigenvalue weighted by atomic mass is 16.3. The maximum atomic E-state index is 10.1. The fourth-order valence-electron chi connectivity index (χ4n) is 1.59. The summed E-state index contributed by atoms with van der Waals surface area (Å²) in [5.74, 6) is 0. The van der Waals surface area contributed by atoms with Crippen molar-refractivity contribution < 1.29 is 5.11 Å². The van der Waals surface area contributed by atoms with Gasteiger partial charge in [0.15, 0.2) is 0 Å². The first-order valence-corrected chi connectivity index (χ1v) is 4.15. The molecule has 3 nitrogen and oxygen atoms in total. The molecular weight excluding hydrogens is 152 g/mol. The largest absolute Gasteiger partial charge is 0.384 e. The van der Waals surface area contributed by atoms with Crippen LogP contribution < -0.4 is 5.32 Å². The zero-order valence-electron chi connectivity index (χ0n) is 6.83. The lowest BCUT2D eigenvalue weighted by atomic mass is 9.94. The number of hydrogen-bond donors (Lipinski definition) is 2. The Morgan fingerprint density at radius 2 is 2.17 bits per heavy atom. The molecule has 2 heterocycles. The van der Waals surface area contributed by atoms with E-state index in [2.05, 4.69) is 10.3 Å². The predicted octanol–water partition coefficient (Wildman–Crippen LogP) is 0.263. The van der Waals surface area contributed by atoms with Gasteiger partial charge in [0.05, 0.1) is 0 Å². The van der Waals surface area contributed by atoms with Gasteiger partial charge in [0, 0.05) is 18.9 Å². The molecule has 0 aromatic carbocycles. The van der Waals surface area contributed by atoms with E-state index in [1.54, 1.807) is 12.4 Å². The second kappa shape index (κ2) is 2.84. The molecule has 3 heteroatoms. The SMILES string of the molecule is OC1(c2ccncc2)CCNC1. The highest BCUT2D eigenvalue weighted by Crippen LogP contribution is 2.26. The third-order valence-corrected chi connectivity index (χ3v) is 2.35. The Kier molecular flexibility index (Phi) is 1.83. The van der Waals surface area contributed by atoms with E-state index in [0.29, 0.717) is 6.54 Å². The van der Waals surface area contributed by atoms with E-state index in [4.69, 9.17) is 0 Å². The molecule has 0 bridgehead atoms. The van der Waals surface area contributed by atoms with Gasteiger partial charge in [0.2, 0.25) is 0 Å². The fraction of sp³-hybridized carbons (Fsp3) is 0.444.